The van der Waals surface area contributed by atoms with Gasteiger partial charge in [0.05, 0.1) is 13.2 Å². The van der Waals surface area contributed by atoms with Crippen LogP contribution in [0.15, 0.2) is 11.1 Å². The molecule has 0 fully saturated rings. The van der Waals surface area contributed by atoms with E-state index in [0.717, 1.165) is 31.8 Å². The molecule has 0 amide bonds. The Balaban J connectivity index is 3.96. The van der Waals surface area contributed by atoms with Crippen molar-refractivity contribution in [3.63, 3.8) is 0 Å². The van der Waals surface area contributed by atoms with E-state index < -0.39 is 11.9 Å². The Labute approximate surface area is 107 Å². The third-order valence-corrected chi connectivity index (χ3v) is 2.18. The van der Waals surface area contributed by atoms with Crippen LogP contribution in [-0.2, 0) is 19.1 Å². The first-order valence-electron chi connectivity index (χ1n) is 5.82. The fourth-order valence-electron chi connectivity index (χ4n) is 0.899. The number of rotatable bonds is 8. The second kappa shape index (κ2) is 10.1. The van der Waals surface area contributed by atoms with Crippen LogP contribution in [0.2, 0.25) is 0 Å². The van der Waals surface area contributed by atoms with Crippen LogP contribution < -0.4 is 0 Å². The van der Waals surface area contributed by atoms with Gasteiger partial charge in [-0.1, -0.05) is 38.3 Å². The minimum atomic E-state index is -0.687. The van der Waals surface area contributed by atoms with E-state index >= 15 is 0 Å². The number of carbonyl (C=O) groups is 2. The monoisotopic (exact) mass is 262 g/mol. The summed E-state index contributed by atoms with van der Waals surface area (Å²) in [6.07, 6.45) is 4.37. The highest BCUT2D eigenvalue weighted by Crippen LogP contribution is 2.05. The van der Waals surface area contributed by atoms with E-state index in [1.54, 1.807) is 0 Å². The molecule has 98 valence electrons. The quantitative estimate of drug-likeness (QED) is 0.383. The van der Waals surface area contributed by atoms with Gasteiger partial charge in [0.15, 0.2) is 0 Å². The van der Waals surface area contributed by atoms with Crippen molar-refractivity contribution in [1.29, 1.82) is 0 Å². The fraction of sp³-hybridized carbons (Fsp3) is 0.667. The summed E-state index contributed by atoms with van der Waals surface area (Å²) in [5.74, 6) is -1.30. The number of carbonyl (C=O) groups excluding carboxylic acids is 2. The van der Waals surface area contributed by atoms with Gasteiger partial charge in [0.25, 0.3) is 0 Å². The van der Waals surface area contributed by atoms with Crippen LogP contribution in [-0.4, -0.2) is 25.2 Å². The van der Waals surface area contributed by atoms with Crippen molar-refractivity contribution >= 4 is 23.5 Å². The number of hydrogen-bond acceptors (Lipinski definition) is 4. The first kappa shape index (κ1) is 16.0. The summed E-state index contributed by atoms with van der Waals surface area (Å²) in [5.41, 5.74) is 0. The summed E-state index contributed by atoms with van der Waals surface area (Å²) in [7, 11) is 0. The molecule has 17 heavy (non-hydrogen) atoms. The van der Waals surface area contributed by atoms with Gasteiger partial charge in [0.1, 0.15) is 5.03 Å². The van der Waals surface area contributed by atoms with Crippen molar-refractivity contribution in [2.75, 3.05) is 13.2 Å². The summed E-state index contributed by atoms with van der Waals surface area (Å²) < 4.78 is 9.65. The molecule has 0 bridgehead atoms. The van der Waals surface area contributed by atoms with Crippen molar-refractivity contribution < 1.29 is 19.1 Å². The second-order valence-electron chi connectivity index (χ2n) is 3.50. The van der Waals surface area contributed by atoms with Gasteiger partial charge in [0, 0.05) is 6.08 Å². The number of ether oxygens (including phenoxy) is 2. The molecule has 5 heteroatoms. The Morgan fingerprint density at radius 1 is 1.06 bits per heavy atom. The third-order valence-electron chi connectivity index (χ3n) is 1.91. The molecule has 0 spiro atoms. The molecule has 0 atom stereocenters. The lowest BCUT2D eigenvalue weighted by Crippen LogP contribution is -2.09. The first-order valence-corrected chi connectivity index (χ1v) is 6.20. The molecule has 0 aromatic heterocycles. The number of esters is 2. The van der Waals surface area contributed by atoms with E-state index in [0.29, 0.717) is 13.2 Å². The third kappa shape index (κ3) is 8.74. The largest absolute Gasteiger partial charge is 0.462 e. The zero-order valence-electron chi connectivity index (χ0n) is 10.3. The summed E-state index contributed by atoms with van der Waals surface area (Å²) in [5, 5.41) is -0.248. The smallest absolute Gasteiger partial charge is 0.350 e. The minimum Gasteiger partial charge on any atom is -0.462 e. The van der Waals surface area contributed by atoms with Crippen LogP contribution in [0.3, 0.4) is 0 Å². The molecule has 0 aromatic carbocycles. The highest BCUT2D eigenvalue weighted by Gasteiger charge is 2.10. The number of hydrogen-bond donors (Lipinski definition) is 0. The average Bonchev–Trinajstić information content (AvgIpc) is 2.29. The lowest BCUT2D eigenvalue weighted by atomic mass is 10.3. The molecule has 0 aliphatic carbocycles. The van der Waals surface area contributed by atoms with Crippen molar-refractivity contribution in [3.05, 3.63) is 11.1 Å². The normalized spacial score (nSPS) is 11.1. The lowest BCUT2D eigenvalue weighted by molar-refractivity contribution is -0.141. The number of halogens is 1. The Morgan fingerprint density at radius 3 is 2.12 bits per heavy atom. The SMILES string of the molecule is CCCCOC(=O)/C=C(\Cl)C(=O)OCCCC. The van der Waals surface area contributed by atoms with Gasteiger partial charge in [-0.2, -0.15) is 0 Å². The maximum atomic E-state index is 11.3. The molecule has 0 aromatic rings. The van der Waals surface area contributed by atoms with Crippen LogP contribution in [0.5, 0.6) is 0 Å². The zero-order valence-corrected chi connectivity index (χ0v) is 11.1. The predicted octanol–water partition coefficient (Wildman–Crippen LogP) is 2.80. The average molecular weight is 263 g/mol. The first-order chi connectivity index (χ1) is 8.11. The van der Waals surface area contributed by atoms with Crippen molar-refractivity contribution in [1.82, 2.24) is 0 Å². The molecule has 4 nitrogen and oxygen atoms in total. The molecule has 0 saturated heterocycles. The maximum Gasteiger partial charge on any atom is 0.350 e. The van der Waals surface area contributed by atoms with Gasteiger partial charge < -0.3 is 9.47 Å². The van der Waals surface area contributed by atoms with Crippen molar-refractivity contribution in [3.8, 4) is 0 Å². The van der Waals surface area contributed by atoms with Crippen molar-refractivity contribution in [2.45, 2.75) is 39.5 Å². The highest BCUT2D eigenvalue weighted by atomic mass is 35.5. The van der Waals surface area contributed by atoms with Crippen molar-refractivity contribution in [2.24, 2.45) is 0 Å². The predicted molar refractivity (Wildman–Crippen MR) is 65.7 cm³/mol. The maximum absolute atomic E-state index is 11.3. The number of unbranched alkanes of at least 4 members (excludes halogenated alkanes) is 2. The van der Waals surface area contributed by atoms with Gasteiger partial charge in [-0.3, -0.25) is 0 Å². The van der Waals surface area contributed by atoms with Gasteiger partial charge in [0.2, 0.25) is 0 Å². The standard InChI is InChI=1S/C12H19ClO4/c1-3-5-7-16-11(14)9-10(13)12(15)17-8-6-4-2/h9H,3-8H2,1-2H3/b10-9-. The molecule has 0 aliphatic rings. The van der Waals surface area contributed by atoms with Gasteiger partial charge in [-0.25, -0.2) is 9.59 Å². The van der Waals surface area contributed by atoms with Crippen LogP contribution in [0.1, 0.15) is 39.5 Å². The Kier molecular flexibility index (Phi) is 9.53. The van der Waals surface area contributed by atoms with E-state index in [-0.39, 0.29) is 5.03 Å². The van der Waals surface area contributed by atoms with Crippen LogP contribution in [0.25, 0.3) is 0 Å². The summed E-state index contributed by atoms with van der Waals surface area (Å²) in [6, 6.07) is 0. The highest BCUT2D eigenvalue weighted by molar-refractivity contribution is 6.42. The zero-order chi connectivity index (χ0) is 13.1. The minimum absolute atomic E-state index is 0.248. The summed E-state index contributed by atoms with van der Waals surface area (Å²) >= 11 is 5.60. The lowest BCUT2D eigenvalue weighted by Gasteiger charge is -2.03. The van der Waals surface area contributed by atoms with Crippen LogP contribution >= 0.6 is 11.6 Å². The fourth-order valence-corrected chi connectivity index (χ4v) is 1.04. The van der Waals surface area contributed by atoms with Gasteiger partial charge in [-0.05, 0) is 12.8 Å². The van der Waals surface area contributed by atoms with E-state index in [2.05, 4.69) is 0 Å². The Bertz CT molecular complexity index is 274. The van der Waals surface area contributed by atoms with Crippen LogP contribution in [0, 0.1) is 0 Å². The Morgan fingerprint density at radius 2 is 1.59 bits per heavy atom. The second-order valence-corrected chi connectivity index (χ2v) is 3.91. The van der Waals surface area contributed by atoms with Crippen LogP contribution in [0.4, 0.5) is 0 Å². The van der Waals surface area contributed by atoms with Gasteiger partial charge >= 0.3 is 11.9 Å². The molecule has 0 heterocycles. The molecule has 0 N–H and O–H groups in total. The molecule has 0 saturated carbocycles. The van der Waals surface area contributed by atoms with E-state index in [1.165, 1.54) is 0 Å². The Hall–Kier alpha value is -1.03. The topological polar surface area (TPSA) is 52.6 Å². The van der Waals surface area contributed by atoms with E-state index in [1.807, 2.05) is 13.8 Å². The summed E-state index contributed by atoms with van der Waals surface area (Å²) in [6.45, 7) is 4.61. The van der Waals surface area contributed by atoms with E-state index in [9.17, 15) is 9.59 Å². The molecule has 0 rings (SSSR count). The molecular weight excluding hydrogens is 244 g/mol. The van der Waals surface area contributed by atoms with E-state index in [4.69, 9.17) is 21.1 Å². The van der Waals surface area contributed by atoms with Gasteiger partial charge in [-0.15, -0.1) is 0 Å². The molecule has 0 unspecified atom stereocenters. The molecule has 0 aliphatic heterocycles. The summed E-state index contributed by atoms with van der Waals surface area (Å²) in [4.78, 5) is 22.4. The molecular formula is C12H19ClO4. The molecule has 0 radical (unpaired) electrons.